The van der Waals surface area contributed by atoms with Gasteiger partial charge in [-0.05, 0) is 18.4 Å². The number of barbiturate groups is 1. The van der Waals surface area contributed by atoms with E-state index in [0.29, 0.717) is 24.8 Å². The molecule has 1 aliphatic rings. The molecule has 194 valence electrons. The number of carboxylic acids is 1. The van der Waals surface area contributed by atoms with Gasteiger partial charge in [0.15, 0.2) is 5.41 Å². The Morgan fingerprint density at radius 3 is 1.94 bits per heavy atom. The lowest BCUT2D eigenvalue weighted by atomic mass is 9.73. The summed E-state index contributed by atoms with van der Waals surface area (Å²) in [5.41, 5.74) is -1.08. The van der Waals surface area contributed by atoms with Gasteiger partial charge >= 0.3 is 12.0 Å². The van der Waals surface area contributed by atoms with Crippen LogP contribution in [0.15, 0.2) is 30.3 Å². The molecule has 1 saturated heterocycles. The first-order valence-electron chi connectivity index (χ1n) is 11.4. The monoisotopic (exact) mass is 503 g/mol. The summed E-state index contributed by atoms with van der Waals surface area (Å²) in [5.74, 6) is -3.95. The van der Waals surface area contributed by atoms with E-state index in [1.165, 1.54) is 0 Å². The highest BCUT2D eigenvalue weighted by atomic mass is 16.4. The molecule has 1 heterocycles. The summed E-state index contributed by atoms with van der Waals surface area (Å²) in [6.07, 6.45) is 1.39. The fourth-order valence-electron chi connectivity index (χ4n) is 3.64. The summed E-state index contributed by atoms with van der Waals surface area (Å²) in [7, 11) is 0. The number of nitrogens with one attached hydrogen (secondary N) is 5. The number of carbonyl (C=O) groups excluding carboxylic acids is 6. The highest BCUT2D eigenvalue weighted by molar-refractivity contribution is 6.22. The number of carboxylic acid groups (broad SMARTS) is 1. The molecular weight excluding hydrogens is 474 g/mol. The van der Waals surface area contributed by atoms with Gasteiger partial charge in [-0.2, -0.15) is 0 Å². The lowest BCUT2D eigenvalue weighted by Crippen LogP contribution is -2.64. The minimum Gasteiger partial charge on any atom is -0.481 e. The van der Waals surface area contributed by atoms with Gasteiger partial charge in [-0.25, -0.2) is 4.79 Å². The van der Waals surface area contributed by atoms with Crippen LogP contribution >= 0.6 is 0 Å². The molecule has 13 nitrogen and oxygen atoms in total. The van der Waals surface area contributed by atoms with E-state index in [4.69, 9.17) is 5.11 Å². The SMILES string of the molecule is O=C(O)CCNC(=O)CNC(=O)CNC(=O)CCCCCC1(c2ccccc2)C(=O)NC(=O)NC1=O. The first-order chi connectivity index (χ1) is 17.1. The third-order valence-corrected chi connectivity index (χ3v) is 5.50. The minimum atomic E-state index is -1.55. The van der Waals surface area contributed by atoms with Crippen molar-refractivity contribution in [1.29, 1.82) is 0 Å². The van der Waals surface area contributed by atoms with Gasteiger partial charge in [0.1, 0.15) is 0 Å². The van der Waals surface area contributed by atoms with E-state index in [1.54, 1.807) is 30.3 Å². The predicted octanol–water partition coefficient (Wildman–Crippen LogP) is -0.936. The van der Waals surface area contributed by atoms with Gasteiger partial charge in [-0.1, -0.05) is 43.2 Å². The van der Waals surface area contributed by atoms with Crippen molar-refractivity contribution in [3.05, 3.63) is 35.9 Å². The standard InChI is InChI=1S/C23H29N5O8/c29-16(25-14-18(31)26-13-17(30)24-12-10-19(32)33)9-5-2-6-11-23(15-7-3-1-4-8-15)20(34)27-22(36)28-21(23)35/h1,3-4,7-8H,2,5-6,9-14H2,(H,24,30)(H,25,29)(H,26,31)(H,32,33)(H2,27,28,34,35,36). The summed E-state index contributed by atoms with van der Waals surface area (Å²) in [4.78, 5) is 82.5. The molecule has 0 aliphatic carbocycles. The minimum absolute atomic E-state index is 0.0549. The van der Waals surface area contributed by atoms with Crippen LogP contribution in [0, 0.1) is 0 Å². The van der Waals surface area contributed by atoms with Crippen molar-refractivity contribution in [2.45, 2.75) is 43.9 Å². The summed E-state index contributed by atoms with van der Waals surface area (Å²) >= 11 is 0. The Labute approximate surface area is 206 Å². The van der Waals surface area contributed by atoms with Crippen molar-refractivity contribution in [3.8, 4) is 0 Å². The summed E-state index contributed by atoms with van der Waals surface area (Å²) < 4.78 is 0. The number of hydrogen-bond acceptors (Lipinski definition) is 7. The number of unbranched alkanes of at least 4 members (excludes halogenated alkanes) is 2. The molecule has 6 N–H and O–H groups in total. The van der Waals surface area contributed by atoms with Crippen molar-refractivity contribution in [1.82, 2.24) is 26.6 Å². The zero-order valence-electron chi connectivity index (χ0n) is 19.6. The van der Waals surface area contributed by atoms with E-state index in [0.717, 1.165) is 0 Å². The third-order valence-electron chi connectivity index (χ3n) is 5.50. The molecule has 1 aromatic rings. The zero-order chi connectivity index (χ0) is 26.6. The molecule has 13 heteroatoms. The Bertz CT molecular complexity index is 991. The van der Waals surface area contributed by atoms with Crippen molar-refractivity contribution in [2.75, 3.05) is 19.6 Å². The smallest absolute Gasteiger partial charge is 0.328 e. The van der Waals surface area contributed by atoms with Gasteiger partial charge in [0.25, 0.3) is 0 Å². The van der Waals surface area contributed by atoms with Crippen LogP contribution in [0.3, 0.4) is 0 Å². The summed E-state index contributed by atoms with van der Waals surface area (Å²) in [5, 5.41) is 19.9. The number of hydrogen-bond donors (Lipinski definition) is 6. The molecule has 0 unspecified atom stereocenters. The van der Waals surface area contributed by atoms with Gasteiger partial charge in [0.05, 0.1) is 19.5 Å². The van der Waals surface area contributed by atoms with E-state index in [2.05, 4.69) is 26.6 Å². The molecule has 0 radical (unpaired) electrons. The van der Waals surface area contributed by atoms with E-state index < -0.39 is 41.0 Å². The van der Waals surface area contributed by atoms with Crippen LogP contribution in [-0.4, -0.2) is 66.3 Å². The average Bonchev–Trinajstić information content (AvgIpc) is 2.83. The number of carbonyl (C=O) groups is 7. The van der Waals surface area contributed by atoms with Crippen LogP contribution < -0.4 is 26.6 Å². The fourth-order valence-corrected chi connectivity index (χ4v) is 3.64. The molecule has 1 aromatic carbocycles. The number of amides is 7. The van der Waals surface area contributed by atoms with Crippen LogP contribution in [0.2, 0.25) is 0 Å². The van der Waals surface area contributed by atoms with Crippen LogP contribution in [0.1, 0.15) is 44.1 Å². The van der Waals surface area contributed by atoms with Crippen LogP contribution in [-0.2, 0) is 34.2 Å². The second-order valence-electron chi connectivity index (χ2n) is 8.12. The Morgan fingerprint density at radius 2 is 1.33 bits per heavy atom. The summed E-state index contributed by atoms with van der Waals surface area (Å²) in [6, 6.07) is 7.56. The number of imide groups is 2. The number of urea groups is 1. The molecule has 0 spiro atoms. The van der Waals surface area contributed by atoms with Gasteiger partial charge in [0, 0.05) is 13.0 Å². The summed E-state index contributed by atoms with van der Waals surface area (Å²) in [6.45, 7) is -0.725. The average molecular weight is 504 g/mol. The molecule has 1 fully saturated rings. The topological polar surface area (TPSA) is 200 Å². The molecule has 0 aromatic heterocycles. The number of aliphatic carboxylic acids is 1. The molecular formula is C23H29N5O8. The molecule has 2 rings (SSSR count). The Balaban J connectivity index is 1.71. The lowest BCUT2D eigenvalue weighted by Gasteiger charge is -2.34. The Hall–Kier alpha value is -4.29. The molecule has 0 bridgehead atoms. The molecule has 0 saturated carbocycles. The maximum absolute atomic E-state index is 12.7. The van der Waals surface area contributed by atoms with Gasteiger partial charge in [-0.3, -0.25) is 39.4 Å². The zero-order valence-corrected chi connectivity index (χ0v) is 19.6. The number of rotatable bonds is 14. The van der Waals surface area contributed by atoms with E-state index in [9.17, 15) is 33.6 Å². The molecule has 7 amide bonds. The van der Waals surface area contributed by atoms with Crippen molar-refractivity contribution >= 4 is 41.5 Å². The van der Waals surface area contributed by atoms with Gasteiger partial charge in [0.2, 0.25) is 29.5 Å². The van der Waals surface area contributed by atoms with Crippen LogP contribution in [0.5, 0.6) is 0 Å². The van der Waals surface area contributed by atoms with Crippen molar-refractivity contribution < 1.29 is 38.7 Å². The van der Waals surface area contributed by atoms with E-state index in [-0.39, 0.29) is 44.8 Å². The van der Waals surface area contributed by atoms with Crippen molar-refractivity contribution in [3.63, 3.8) is 0 Å². The van der Waals surface area contributed by atoms with Gasteiger partial charge < -0.3 is 21.1 Å². The maximum atomic E-state index is 12.7. The Kier molecular flexibility index (Phi) is 10.5. The highest BCUT2D eigenvalue weighted by Gasteiger charge is 2.51. The first kappa shape index (κ1) is 28.0. The fraction of sp³-hybridized carbons (Fsp3) is 0.435. The van der Waals surface area contributed by atoms with E-state index in [1.807, 2.05) is 0 Å². The van der Waals surface area contributed by atoms with E-state index >= 15 is 0 Å². The Morgan fingerprint density at radius 1 is 0.750 bits per heavy atom. The largest absolute Gasteiger partial charge is 0.481 e. The second-order valence-corrected chi connectivity index (χ2v) is 8.12. The number of benzene rings is 1. The third kappa shape index (κ3) is 8.18. The lowest BCUT2D eigenvalue weighted by molar-refractivity contribution is -0.139. The van der Waals surface area contributed by atoms with Crippen molar-refractivity contribution in [2.24, 2.45) is 0 Å². The molecule has 36 heavy (non-hydrogen) atoms. The quantitative estimate of drug-likeness (QED) is 0.138. The predicted molar refractivity (Wildman–Crippen MR) is 124 cm³/mol. The highest BCUT2D eigenvalue weighted by Crippen LogP contribution is 2.33. The van der Waals surface area contributed by atoms with Crippen LogP contribution in [0.4, 0.5) is 4.79 Å². The normalized spacial score (nSPS) is 14.3. The first-order valence-corrected chi connectivity index (χ1v) is 11.4. The molecule has 1 aliphatic heterocycles. The van der Waals surface area contributed by atoms with Gasteiger partial charge in [-0.15, -0.1) is 0 Å². The molecule has 0 atom stereocenters. The second kappa shape index (κ2) is 13.6. The maximum Gasteiger partial charge on any atom is 0.328 e. The van der Waals surface area contributed by atoms with Crippen LogP contribution in [0.25, 0.3) is 0 Å².